The van der Waals surface area contributed by atoms with Crippen molar-refractivity contribution < 1.29 is 9.90 Å². The fraction of sp³-hybridized carbons (Fsp3) is 0.571. The number of aliphatic hydroxyl groups excluding tert-OH is 1. The lowest BCUT2D eigenvalue weighted by Gasteiger charge is -2.11. The number of rotatable bonds is 3. The highest BCUT2D eigenvalue weighted by atomic mass is 16.3. The van der Waals surface area contributed by atoms with Gasteiger partial charge in [0.15, 0.2) is 0 Å². The number of nitrogens with two attached hydrogens (primary N) is 1. The van der Waals surface area contributed by atoms with Crippen molar-refractivity contribution in [2.24, 2.45) is 5.73 Å². The minimum Gasteiger partial charge on any atom is -0.387 e. The molecule has 1 aromatic heterocycles. The van der Waals surface area contributed by atoms with Crippen LogP contribution in [0.5, 0.6) is 0 Å². The fourth-order valence-electron chi connectivity index (χ4n) is 0.972. The molecule has 0 aliphatic rings. The monoisotopic (exact) mass is 184 g/mol. The van der Waals surface area contributed by atoms with Crippen LogP contribution >= 0.6 is 0 Å². The van der Waals surface area contributed by atoms with Crippen LogP contribution in [0, 0.1) is 0 Å². The van der Waals surface area contributed by atoms with E-state index in [4.69, 9.17) is 5.73 Å². The van der Waals surface area contributed by atoms with Crippen molar-refractivity contribution in [2.75, 3.05) is 0 Å². The second-order valence-corrected chi connectivity index (χ2v) is 2.86. The summed E-state index contributed by atoms with van der Waals surface area (Å²) in [6, 6.07) is -0.591. The molecule has 13 heavy (non-hydrogen) atoms. The van der Waals surface area contributed by atoms with Gasteiger partial charge in [0.25, 0.3) is 0 Å². The average molecular weight is 184 g/mol. The molecular formula is C7H12N4O2. The molecule has 0 fully saturated rings. The number of carbonyl (C=O) groups excluding carboxylic acids is 1. The van der Waals surface area contributed by atoms with E-state index in [1.54, 1.807) is 13.8 Å². The summed E-state index contributed by atoms with van der Waals surface area (Å²) in [5.74, 6) is -0.507. The first-order valence-corrected chi connectivity index (χ1v) is 3.91. The van der Waals surface area contributed by atoms with Gasteiger partial charge in [0.05, 0.1) is 18.0 Å². The van der Waals surface area contributed by atoms with E-state index in [2.05, 4.69) is 10.3 Å². The Balaban J connectivity index is 3.00. The normalized spacial score (nSPS) is 15.3. The van der Waals surface area contributed by atoms with Crippen molar-refractivity contribution in [1.29, 1.82) is 0 Å². The minimum absolute atomic E-state index is 0.478. The zero-order valence-electron chi connectivity index (χ0n) is 7.51. The van der Waals surface area contributed by atoms with Crippen molar-refractivity contribution in [3.63, 3.8) is 0 Å². The first kappa shape index (κ1) is 9.66. The molecule has 0 bridgehead atoms. The van der Waals surface area contributed by atoms with E-state index in [-0.39, 0.29) is 0 Å². The number of amides is 1. The number of hydrogen-bond donors (Lipinski definition) is 2. The Hall–Kier alpha value is -1.43. The zero-order valence-corrected chi connectivity index (χ0v) is 7.51. The van der Waals surface area contributed by atoms with Gasteiger partial charge in [0.2, 0.25) is 5.91 Å². The summed E-state index contributed by atoms with van der Waals surface area (Å²) in [6.07, 6.45) is 0.696. The fourth-order valence-corrected chi connectivity index (χ4v) is 0.972. The number of primary amides is 1. The minimum atomic E-state index is -0.711. The second kappa shape index (κ2) is 3.53. The van der Waals surface area contributed by atoms with E-state index in [9.17, 15) is 9.90 Å². The Kier molecular flexibility index (Phi) is 2.62. The van der Waals surface area contributed by atoms with Gasteiger partial charge in [-0.25, -0.2) is 4.68 Å². The summed E-state index contributed by atoms with van der Waals surface area (Å²) < 4.78 is 1.31. The van der Waals surface area contributed by atoms with E-state index in [1.165, 1.54) is 10.9 Å². The van der Waals surface area contributed by atoms with E-state index >= 15 is 0 Å². The molecule has 2 atom stereocenters. The van der Waals surface area contributed by atoms with Crippen LogP contribution in [0.1, 0.15) is 31.7 Å². The van der Waals surface area contributed by atoms with Crippen LogP contribution in [-0.4, -0.2) is 26.0 Å². The molecule has 6 nitrogen and oxygen atoms in total. The van der Waals surface area contributed by atoms with Gasteiger partial charge in [-0.3, -0.25) is 4.79 Å². The lowest BCUT2D eigenvalue weighted by atomic mass is 10.2. The second-order valence-electron chi connectivity index (χ2n) is 2.86. The van der Waals surface area contributed by atoms with E-state index in [0.717, 1.165) is 0 Å². The summed E-state index contributed by atoms with van der Waals surface area (Å²) in [5.41, 5.74) is 5.57. The van der Waals surface area contributed by atoms with Crippen LogP contribution in [0.15, 0.2) is 6.20 Å². The standard InChI is InChI=1S/C7H12N4O2/c1-4(7(8)13)11-6(5(2)12)3-9-10-11/h3-5,12H,1-2H3,(H2,8,13). The van der Waals surface area contributed by atoms with E-state index in [0.29, 0.717) is 5.69 Å². The van der Waals surface area contributed by atoms with Crippen molar-refractivity contribution in [1.82, 2.24) is 15.0 Å². The first-order valence-electron chi connectivity index (χ1n) is 3.91. The highest BCUT2D eigenvalue weighted by Gasteiger charge is 2.18. The smallest absolute Gasteiger partial charge is 0.242 e. The SMILES string of the molecule is CC(O)c1cnnn1C(C)C(N)=O. The Morgan fingerprint density at radius 3 is 2.77 bits per heavy atom. The molecule has 0 saturated heterocycles. The number of hydrogen-bond acceptors (Lipinski definition) is 4. The molecule has 0 aliphatic heterocycles. The maximum Gasteiger partial charge on any atom is 0.242 e. The molecule has 1 amide bonds. The van der Waals surface area contributed by atoms with Crippen LogP contribution in [0.3, 0.4) is 0 Å². The molecule has 2 unspecified atom stereocenters. The van der Waals surface area contributed by atoms with Gasteiger partial charge >= 0.3 is 0 Å². The lowest BCUT2D eigenvalue weighted by molar-refractivity contribution is -0.121. The maximum absolute atomic E-state index is 10.8. The third kappa shape index (κ3) is 1.83. The Morgan fingerprint density at radius 2 is 2.31 bits per heavy atom. The van der Waals surface area contributed by atoms with Crippen molar-refractivity contribution in [3.05, 3.63) is 11.9 Å². The van der Waals surface area contributed by atoms with Crippen molar-refractivity contribution >= 4 is 5.91 Å². The van der Waals surface area contributed by atoms with Crippen LogP contribution in [-0.2, 0) is 4.79 Å². The van der Waals surface area contributed by atoms with E-state index < -0.39 is 18.1 Å². The Morgan fingerprint density at radius 1 is 1.69 bits per heavy atom. The molecule has 6 heteroatoms. The highest BCUT2D eigenvalue weighted by molar-refractivity contribution is 5.77. The number of nitrogens with zero attached hydrogens (tertiary/aromatic N) is 3. The van der Waals surface area contributed by atoms with Crippen LogP contribution in [0.2, 0.25) is 0 Å². The van der Waals surface area contributed by atoms with E-state index in [1.807, 2.05) is 0 Å². The third-order valence-electron chi connectivity index (χ3n) is 1.81. The quantitative estimate of drug-likeness (QED) is 0.654. The van der Waals surface area contributed by atoms with Gasteiger partial charge in [-0.1, -0.05) is 5.21 Å². The topological polar surface area (TPSA) is 94.0 Å². The molecule has 0 saturated carbocycles. The van der Waals surface area contributed by atoms with Gasteiger partial charge in [0.1, 0.15) is 6.04 Å². The summed E-state index contributed by atoms with van der Waals surface area (Å²) in [6.45, 7) is 3.17. The van der Waals surface area contributed by atoms with Gasteiger partial charge in [-0.15, -0.1) is 5.10 Å². The number of aromatic nitrogens is 3. The molecule has 3 N–H and O–H groups in total. The molecule has 0 aliphatic carbocycles. The largest absolute Gasteiger partial charge is 0.387 e. The van der Waals surface area contributed by atoms with Crippen molar-refractivity contribution in [2.45, 2.75) is 26.0 Å². The average Bonchev–Trinajstić information content (AvgIpc) is 2.50. The van der Waals surface area contributed by atoms with Crippen LogP contribution < -0.4 is 5.73 Å². The molecule has 0 spiro atoms. The predicted octanol–water partition coefficient (Wildman–Crippen LogP) is -0.622. The van der Waals surface area contributed by atoms with Gasteiger partial charge in [0, 0.05) is 0 Å². The van der Waals surface area contributed by atoms with Gasteiger partial charge < -0.3 is 10.8 Å². The van der Waals surface area contributed by atoms with Gasteiger partial charge in [-0.2, -0.15) is 0 Å². The Bertz CT molecular complexity index is 307. The Labute approximate surface area is 75.3 Å². The molecule has 1 rings (SSSR count). The lowest BCUT2D eigenvalue weighted by Crippen LogP contribution is -2.26. The van der Waals surface area contributed by atoms with Crippen LogP contribution in [0.4, 0.5) is 0 Å². The number of aliphatic hydroxyl groups is 1. The van der Waals surface area contributed by atoms with Gasteiger partial charge in [-0.05, 0) is 13.8 Å². The summed E-state index contributed by atoms with van der Waals surface area (Å²) >= 11 is 0. The molecule has 72 valence electrons. The summed E-state index contributed by atoms with van der Waals surface area (Å²) in [5, 5.41) is 16.5. The van der Waals surface area contributed by atoms with Crippen LogP contribution in [0.25, 0.3) is 0 Å². The number of carbonyl (C=O) groups is 1. The van der Waals surface area contributed by atoms with Crippen molar-refractivity contribution in [3.8, 4) is 0 Å². The summed E-state index contributed by atoms with van der Waals surface area (Å²) in [4.78, 5) is 10.8. The zero-order chi connectivity index (χ0) is 10.0. The summed E-state index contributed by atoms with van der Waals surface area (Å²) in [7, 11) is 0. The molecule has 0 radical (unpaired) electrons. The first-order chi connectivity index (χ1) is 6.04. The highest BCUT2D eigenvalue weighted by Crippen LogP contribution is 2.14. The molecule has 0 aromatic carbocycles. The molecular weight excluding hydrogens is 172 g/mol. The molecule has 1 heterocycles. The maximum atomic E-state index is 10.8. The molecule has 1 aromatic rings. The third-order valence-corrected chi connectivity index (χ3v) is 1.81. The predicted molar refractivity (Wildman–Crippen MR) is 44.6 cm³/mol.